The fourth-order valence-electron chi connectivity index (χ4n) is 1.59. The van der Waals surface area contributed by atoms with Crippen LogP contribution >= 0.6 is 46.6 Å². The van der Waals surface area contributed by atoms with Gasteiger partial charge >= 0.3 is 0 Å². The van der Waals surface area contributed by atoms with Gasteiger partial charge in [0.15, 0.2) is 0 Å². The molecule has 2 N–H and O–H groups in total. The molecule has 0 radical (unpaired) electrons. The van der Waals surface area contributed by atoms with Gasteiger partial charge in [0.1, 0.15) is 23.1 Å². The number of hydrogen-bond acceptors (Lipinski definition) is 4. The van der Waals surface area contributed by atoms with Crippen molar-refractivity contribution in [3.05, 3.63) is 51.5 Å². The Balaban J connectivity index is 1.84. The van der Waals surface area contributed by atoms with Gasteiger partial charge in [0.2, 0.25) is 0 Å². The maximum Gasteiger partial charge on any atom is 0.139 e. The van der Waals surface area contributed by atoms with Crippen molar-refractivity contribution < 1.29 is 14.9 Å². The molecular formula is C15H13Cl3O3S. The van der Waals surface area contributed by atoms with Crippen LogP contribution in [0.3, 0.4) is 0 Å². The van der Waals surface area contributed by atoms with Crippen molar-refractivity contribution in [2.45, 2.75) is 11.0 Å². The average molecular weight is 380 g/mol. The second kappa shape index (κ2) is 8.18. The molecule has 2 rings (SSSR count). The van der Waals surface area contributed by atoms with Gasteiger partial charge in [-0.15, -0.1) is 11.8 Å². The van der Waals surface area contributed by atoms with Gasteiger partial charge in [-0.1, -0.05) is 34.8 Å². The van der Waals surface area contributed by atoms with E-state index in [1.807, 2.05) is 0 Å². The second-order valence-electron chi connectivity index (χ2n) is 4.44. The summed E-state index contributed by atoms with van der Waals surface area (Å²) in [7, 11) is 0. The fraction of sp³-hybridized carbons (Fsp3) is 0.200. The molecule has 0 bridgehead atoms. The Hall–Kier alpha value is -0.780. The number of phenols is 1. The Labute approximate surface area is 147 Å². The van der Waals surface area contributed by atoms with Gasteiger partial charge in [-0.05, 0) is 36.4 Å². The number of halogens is 3. The van der Waals surface area contributed by atoms with Crippen LogP contribution in [0.5, 0.6) is 11.5 Å². The number of aromatic hydroxyl groups is 1. The molecule has 1 atom stereocenters. The summed E-state index contributed by atoms with van der Waals surface area (Å²) < 4.78 is 5.46. The first-order valence-electron chi connectivity index (χ1n) is 6.33. The smallest absolute Gasteiger partial charge is 0.139 e. The summed E-state index contributed by atoms with van der Waals surface area (Å²) in [5, 5.41) is 20.0. The molecule has 7 heteroatoms. The average Bonchev–Trinajstić information content (AvgIpc) is 2.51. The predicted molar refractivity (Wildman–Crippen MR) is 91.8 cm³/mol. The molecule has 2 aromatic rings. The molecule has 0 saturated carbocycles. The van der Waals surface area contributed by atoms with E-state index in [1.54, 1.807) is 36.4 Å². The van der Waals surface area contributed by atoms with Crippen molar-refractivity contribution in [3.8, 4) is 11.5 Å². The molecule has 0 heterocycles. The van der Waals surface area contributed by atoms with E-state index in [4.69, 9.17) is 39.5 Å². The van der Waals surface area contributed by atoms with Gasteiger partial charge in [-0.25, -0.2) is 0 Å². The predicted octanol–water partition coefficient (Wildman–Crippen LogP) is 4.88. The summed E-state index contributed by atoms with van der Waals surface area (Å²) in [5.41, 5.74) is 0. The number of ether oxygens (including phenoxy) is 1. The molecule has 0 aliphatic rings. The van der Waals surface area contributed by atoms with Crippen LogP contribution < -0.4 is 4.74 Å². The first kappa shape index (κ1) is 17.6. The Morgan fingerprint density at radius 1 is 1.00 bits per heavy atom. The number of benzene rings is 2. The van der Waals surface area contributed by atoms with Crippen LogP contribution in [0, 0.1) is 0 Å². The molecule has 0 aliphatic carbocycles. The van der Waals surface area contributed by atoms with E-state index in [0.29, 0.717) is 16.5 Å². The van der Waals surface area contributed by atoms with E-state index in [0.717, 1.165) is 4.90 Å². The molecule has 0 spiro atoms. The summed E-state index contributed by atoms with van der Waals surface area (Å²) in [5.74, 6) is 1.04. The number of phenolic OH excluding ortho intramolecular Hbond substituents is 1. The molecule has 3 nitrogen and oxygen atoms in total. The van der Waals surface area contributed by atoms with Crippen LogP contribution in [-0.4, -0.2) is 28.7 Å². The molecule has 0 saturated heterocycles. The van der Waals surface area contributed by atoms with Crippen molar-refractivity contribution in [3.63, 3.8) is 0 Å². The SMILES string of the molecule is Oc1ccc(SCC(O)COc2ccc(Cl)c(Cl)c2Cl)cc1. The van der Waals surface area contributed by atoms with Crippen LogP contribution in [0.1, 0.15) is 0 Å². The van der Waals surface area contributed by atoms with Crippen molar-refractivity contribution in [1.29, 1.82) is 0 Å². The molecule has 0 aliphatic heterocycles. The summed E-state index contributed by atoms with van der Waals surface area (Å²) in [6, 6.07) is 9.95. The lowest BCUT2D eigenvalue weighted by molar-refractivity contribution is 0.126. The molecule has 0 aromatic heterocycles. The van der Waals surface area contributed by atoms with Crippen LogP contribution in [0.25, 0.3) is 0 Å². The topological polar surface area (TPSA) is 49.7 Å². The standard InChI is InChI=1S/C15H13Cl3O3S/c16-12-5-6-13(15(18)14(12)17)21-7-10(20)8-22-11-3-1-9(19)2-4-11/h1-6,10,19-20H,7-8H2. The van der Waals surface area contributed by atoms with Crippen LogP contribution in [0.15, 0.2) is 41.3 Å². The van der Waals surface area contributed by atoms with Gasteiger partial charge in [0.25, 0.3) is 0 Å². The normalized spacial score (nSPS) is 12.2. The maximum absolute atomic E-state index is 9.94. The minimum atomic E-state index is -0.677. The monoisotopic (exact) mass is 378 g/mol. The number of thioether (sulfide) groups is 1. The lowest BCUT2D eigenvalue weighted by Gasteiger charge is -2.14. The van der Waals surface area contributed by atoms with Gasteiger partial charge in [0, 0.05) is 10.6 Å². The fourth-order valence-corrected chi connectivity index (χ4v) is 2.98. The minimum Gasteiger partial charge on any atom is -0.508 e. The number of rotatable bonds is 6. The quantitative estimate of drug-likeness (QED) is 0.554. The van der Waals surface area contributed by atoms with Gasteiger partial charge in [-0.3, -0.25) is 0 Å². The molecule has 22 heavy (non-hydrogen) atoms. The van der Waals surface area contributed by atoms with Crippen molar-refractivity contribution in [1.82, 2.24) is 0 Å². The van der Waals surface area contributed by atoms with E-state index >= 15 is 0 Å². The first-order chi connectivity index (χ1) is 10.5. The van der Waals surface area contributed by atoms with Gasteiger partial charge in [-0.2, -0.15) is 0 Å². The summed E-state index contributed by atoms with van der Waals surface area (Å²) in [4.78, 5) is 0.949. The lowest BCUT2D eigenvalue weighted by atomic mass is 10.3. The Morgan fingerprint density at radius 2 is 1.68 bits per heavy atom. The highest BCUT2D eigenvalue weighted by Gasteiger charge is 2.12. The third-order valence-corrected chi connectivity index (χ3v) is 5.14. The van der Waals surface area contributed by atoms with Gasteiger partial charge < -0.3 is 14.9 Å². The third kappa shape index (κ3) is 4.86. The van der Waals surface area contributed by atoms with E-state index < -0.39 is 6.10 Å². The van der Waals surface area contributed by atoms with Crippen LogP contribution in [-0.2, 0) is 0 Å². The van der Waals surface area contributed by atoms with Crippen molar-refractivity contribution in [2.75, 3.05) is 12.4 Å². The molecule has 1 unspecified atom stereocenters. The summed E-state index contributed by atoms with van der Waals surface area (Å²) in [6.07, 6.45) is -0.677. The Morgan fingerprint density at radius 3 is 2.36 bits per heavy atom. The molecule has 118 valence electrons. The molecule has 0 amide bonds. The lowest BCUT2D eigenvalue weighted by Crippen LogP contribution is -2.20. The Bertz CT molecular complexity index is 635. The minimum absolute atomic E-state index is 0.0861. The molecular weight excluding hydrogens is 367 g/mol. The van der Waals surface area contributed by atoms with Crippen molar-refractivity contribution in [2.24, 2.45) is 0 Å². The molecule has 0 fully saturated rings. The number of aliphatic hydroxyl groups excluding tert-OH is 1. The largest absolute Gasteiger partial charge is 0.508 e. The van der Waals surface area contributed by atoms with Crippen LogP contribution in [0.4, 0.5) is 0 Å². The zero-order valence-electron chi connectivity index (χ0n) is 11.3. The first-order valence-corrected chi connectivity index (χ1v) is 8.45. The van der Waals surface area contributed by atoms with Gasteiger partial charge in [0.05, 0.1) is 16.1 Å². The van der Waals surface area contributed by atoms with Crippen molar-refractivity contribution >= 4 is 46.6 Å². The van der Waals surface area contributed by atoms with E-state index in [9.17, 15) is 10.2 Å². The maximum atomic E-state index is 9.94. The third-order valence-electron chi connectivity index (χ3n) is 2.71. The number of hydrogen-bond donors (Lipinski definition) is 2. The van der Waals surface area contributed by atoms with E-state index in [1.165, 1.54) is 11.8 Å². The van der Waals surface area contributed by atoms with Crippen LogP contribution in [0.2, 0.25) is 15.1 Å². The van der Waals surface area contributed by atoms with E-state index in [-0.39, 0.29) is 22.4 Å². The highest BCUT2D eigenvalue weighted by atomic mass is 35.5. The number of aliphatic hydroxyl groups is 1. The highest BCUT2D eigenvalue weighted by molar-refractivity contribution is 7.99. The Kier molecular flexibility index (Phi) is 6.53. The summed E-state index contributed by atoms with van der Waals surface area (Å²) in [6.45, 7) is 0.0861. The zero-order valence-corrected chi connectivity index (χ0v) is 14.4. The molecule has 2 aromatic carbocycles. The zero-order chi connectivity index (χ0) is 16.1. The van der Waals surface area contributed by atoms with E-state index in [2.05, 4.69) is 0 Å². The summed E-state index contributed by atoms with van der Waals surface area (Å²) >= 11 is 19.2. The second-order valence-corrected chi connectivity index (χ2v) is 6.70. The highest BCUT2D eigenvalue weighted by Crippen LogP contribution is 2.37.